The van der Waals surface area contributed by atoms with Gasteiger partial charge in [0.2, 0.25) is 0 Å². The van der Waals surface area contributed by atoms with Gasteiger partial charge < -0.3 is 0 Å². The first-order valence-electron chi connectivity index (χ1n) is 6.23. The van der Waals surface area contributed by atoms with Crippen LogP contribution in [0.3, 0.4) is 0 Å². The molecule has 10 heterocycles. The van der Waals surface area contributed by atoms with Gasteiger partial charge in [0, 0.05) is 0 Å². The summed E-state index contributed by atoms with van der Waals surface area (Å²) in [6, 6.07) is 0. The monoisotopic (exact) mass is 340 g/mol. The average Bonchev–Trinajstić information content (AvgIpc) is 3.11. The summed E-state index contributed by atoms with van der Waals surface area (Å²) in [4.78, 5) is 10.4. The van der Waals surface area contributed by atoms with Crippen LogP contribution >= 0.6 is 22.6 Å². The molecule has 0 nitrogen and oxygen atoms in total. The van der Waals surface area contributed by atoms with Gasteiger partial charge in [-0.25, -0.2) is 0 Å². The molecule has 10 saturated heterocycles. The third kappa shape index (κ3) is 0.0339. The van der Waals surface area contributed by atoms with Gasteiger partial charge >= 0.3 is 87.6 Å². The predicted molar refractivity (Wildman–Crippen MR) is 59.7 cm³/mol. The van der Waals surface area contributed by atoms with Gasteiger partial charge in [0.1, 0.15) is 0 Å². The van der Waals surface area contributed by atoms with E-state index in [1.54, 1.807) is 0 Å². The van der Waals surface area contributed by atoms with Gasteiger partial charge in [-0.3, -0.25) is 0 Å². The van der Waals surface area contributed by atoms with Crippen LogP contribution in [-0.2, 0) is 6.51 Å². The van der Waals surface area contributed by atoms with Crippen molar-refractivity contribution >= 4 is 22.6 Å². The quantitative estimate of drug-likeness (QED) is 0.346. The minimum absolute atomic E-state index is 1.06. The molecule has 10 aliphatic rings. The fourth-order valence-electron chi connectivity index (χ4n) is 18.7. The van der Waals surface area contributed by atoms with E-state index in [0.717, 1.165) is 10.9 Å². The zero-order valence-electron chi connectivity index (χ0n) is 8.27. The second-order valence-corrected chi connectivity index (χ2v) is 36.5. The van der Waals surface area contributed by atoms with Gasteiger partial charge in [-0.05, 0) is 0 Å². The maximum atomic E-state index is 3.09. The number of alkyl halides is 1. The van der Waals surface area contributed by atoms with Crippen LogP contribution in [0.4, 0.5) is 0 Å². The van der Waals surface area contributed by atoms with Crippen molar-refractivity contribution in [3.05, 3.63) is 0 Å². The molecule has 10 rings (SSSR count). The van der Waals surface area contributed by atoms with Gasteiger partial charge in [0.25, 0.3) is 0 Å². The van der Waals surface area contributed by atoms with Crippen molar-refractivity contribution in [2.75, 3.05) is 0 Å². The molecule has 76 valence electrons. The molecular weight excluding hydrogens is 327 g/mol. The van der Waals surface area contributed by atoms with Crippen molar-refractivity contribution in [3.8, 4) is 0 Å². The van der Waals surface area contributed by atoms with Crippen molar-refractivity contribution in [1.29, 1.82) is 0 Å². The van der Waals surface area contributed by atoms with Gasteiger partial charge in [-0.15, -0.1) is 0 Å². The summed E-state index contributed by atoms with van der Waals surface area (Å²) >= 11 is 3.09. The van der Waals surface area contributed by atoms with Crippen LogP contribution in [0.25, 0.3) is 0 Å². The third-order valence-corrected chi connectivity index (χ3v) is 72.5. The molecule has 0 bridgehead atoms. The van der Waals surface area contributed by atoms with E-state index in [-0.39, 0.29) is 0 Å². The van der Waals surface area contributed by atoms with Gasteiger partial charge in [-0.2, -0.15) is 0 Å². The first-order valence-corrected chi connectivity index (χ1v) is 13.4. The Bertz CT molecular complexity index is 894. The Morgan fingerprint density at radius 2 is 1.43 bits per heavy atom. The molecule has 2 heteroatoms. The van der Waals surface area contributed by atoms with E-state index in [4.69, 9.17) is 0 Å². The molecule has 0 radical (unpaired) electrons. The van der Waals surface area contributed by atoms with E-state index in [2.05, 4.69) is 36.4 Å². The molecule has 5 atom stereocenters. The Labute approximate surface area is 87.0 Å². The number of fused-ring (bicyclic) bond motifs is 10. The summed E-state index contributed by atoms with van der Waals surface area (Å²) in [6.45, 7) is 2.85. The van der Waals surface area contributed by atoms with Crippen LogP contribution < -0.4 is 0 Å². The van der Waals surface area contributed by atoms with Crippen LogP contribution in [0.15, 0.2) is 0 Å². The second-order valence-electron chi connectivity index (χ2n) is 10.4. The number of hydrogen-bond donors (Lipinski definition) is 0. The summed E-state index contributed by atoms with van der Waals surface area (Å²) in [5, 5.41) is 0. The summed E-state index contributed by atoms with van der Waals surface area (Å²) in [6.07, 6.45) is 0. The minimum atomic E-state index is -2.80. The van der Waals surface area contributed by atoms with Crippen LogP contribution in [0.1, 0.15) is 13.8 Å². The number of hydrogen-bond acceptors (Lipinski definition) is 0. The molecule has 0 aromatic carbocycles. The summed E-state index contributed by atoms with van der Waals surface area (Å²) < 4.78 is 3.20. The van der Waals surface area contributed by atoms with E-state index in [0.29, 0.717) is 0 Å². The Balaban J connectivity index is 2.12. The molecule has 0 amide bonds. The zero-order valence-corrected chi connectivity index (χ0v) is 11.5. The van der Waals surface area contributed by atoms with Crippen LogP contribution in [-0.4, -0.2) is 2.32 Å². The van der Waals surface area contributed by atoms with E-state index in [9.17, 15) is 0 Å². The first kappa shape index (κ1) is 5.27. The molecule has 10 aliphatic heterocycles. The molecule has 0 aromatic heterocycles. The molecule has 0 aliphatic carbocycles. The summed E-state index contributed by atoms with van der Waals surface area (Å²) in [5.74, 6) is 0. The number of halogens is 1. The van der Waals surface area contributed by atoms with Crippen molar-refractivity contribution in [1.82, 2.24) is 0 Å². The Hall–Kier alpha value is 1.25. The molecule has 10 fully saturated rings. The van der Waals surface area contributed by atoms with Gasteiger partial charge in [0.15, 0.2) is 0 Å². The molecule has 0 aromatic rings. The van der Waals surface area contributed by atoms with Crippen molar-refractivity contribution < 1.29 is 6.51 Å². The zero-order chi connectivity index (χ0) is 8.86. The van der Waals surface area contributed by atoms with Crippen LogP contribution in [0.2, 0.25) is 42.3 Å². The summed E-state index contributed by atoms with van der Waals surface area (Å²) in [5.41, 5.74) is 0. The van der Waals surface area contributed by atoms with Gasteiger partial charge in [0.05, 0.1) is 0 Å². The fourth-order valence-corrected chi connectivity index (χ4v) is 116. The first-order chi connectivity index (χ1) is 6.33. The predicted octanol–water partition coefficient (Wildman–Crippen LogP) is 4.50. The molecule has 0 N–H and O–H groups in total. The van der Waals surface area contributed by atoms with Crippen molar-refractivity contribution in [3.63, 3.8) is 0 Å². The van der Waals surface area contributed by atoms with Crippen LogP contribution in [0, 0.1) is 0 Å². The second kappa shape index (κ2) is 0.344. The topological polar surface area (TPSA) is 0 Å². The Morgan fingerprint density at radius 1 is 0.929 bits per heavy atom. The normalized spacial score (nSPS) is 153. The average molecular weight is 340 g/mol. The van der Waals surface area contributed by atoms with E-state index < -0.39 is 6.51 Å². The molecule has 5 unspecified atom stereocenters. The van der Waals surface area contributed by atoms with Crippen LogP contribution in [0.5, 0.6) is 0 Å². The van der Waals surface area contributed by atoms with E-state index in [1.807, 2.05) is 0 Å². The van der Waals surface area contributed by atoms with Crippen molar-refractivity contribution in [2.24, 2.45) is 0 Å². The Morgan fingerprint density at radius 3 is 1.43 bits per heavy atom. The maximum absolute atomic E-state index is 3.09. The molecular formula is C12H13FeI. The standard InChI is InChI=1S/C7H8I.C5H5.Fe/c1-5-3-4-7(8)6(5)2;1-2-4-5-3-1;/h3-4H,1-2H3;1-5H;. The fraction of sp³-hybridized carbons (Fsp3) is 1.00. The molecule has 1 spiro atoms. The molecule has 14 heavy (non-hydrogen) atoms. The Kier molecular flexibility index (Phi) is 0.129. The molecule has 0 saturated carbocycles. The summed E-state index contributed by atoms with van der Waals surface area (Å²) in [7, 11) is 0. The SMILES string of the molecule is C[C]12[CH]3[CH]4[C]5(I)[C]1(C)[Fe]34251678[CH]2[CH]1[CH]6[CH]7[CH]28. The van der Waals surface area contributed by atoms with E-state index >= 15 is 0 Å². The van der Waals surface area contributed by atoms with Gasteiger partial charge in [-0.1, -0.05) is 0 Å². The number of rotatable bonds is 0. The van der Waals surface area contributed by atoms with Crippen molar-refractivity contribution in [2.45, 2.75) is 58.5 Å². The van der Waals surface area contributed by atoms with E-state index in [1.165, 1.54) is 33.7 Å². The third-order valence-electron chi connectivity index (χ3n) is 16.5.